The number of nitrogens with two attached hydrogens (primary N) is 1. The van der Waals surface area contributed by atoms with Crippen LogP contribution >= 0.6 is 0 Å². The number of hydrogen-bond donors (Lipinski definition) is 1. The number of fused-ring (bicyclic) bond motifs is 7. The first-order valence-corrected chi connectivity index (χ1v) is 22.0. The molecule has 2 N–H and O–H groups in total. The summed E-state index contributed by atoms with van der Waals surface area (Å²) >= 11 is 0. The van der Waals surface area contributed by atoms with Crippen molar-refractivity contribution in [3.8, 4) is 33.6 Å². The highest BCUT2D eigenvalue weighted by Crippen LogP contribution is 2.39. The lowest BCUT2D eigenvalue weighted by atomic mass is 9.93. The molecule has 0 aliphatic carbocycles. The minimum absolute atomic E-state index is 0.652. The molecule has 306 valence electrons. The van der Waals surface area contributed by atoms with E-state index in [9.17, 15) is 0 Å². The summed E-state index contributed by atoms with van der Waals surface area (Å²) in [7, 11) is 0. The fraction of sp³-hybridized carbons (Fsp3) is 0. The second-order valence-corrected chi connectivity index (χ2v) is 16.7. The molecule has 0 bridgehead atoms. The Bertz CT molecular complexity index is 3820. The Balaban J connectivity index is 0.946. The van der Waals surface area contributed by atoms with Crippen LogP contribution in [-0.2, 0) is 0 Å². The van der Waals surface area contributed by atoms with Crippen LogP contribution in [-0.4, -0.2) is 14.8 Å². The number of aromatic nitrogens is 2. The van der Waals surface area contributed by atoms with Crippen molar-refractivity contribution in [2.45, 2.75) is 0 Å². The summed E-state index contributed by atoms with van der Waals surface area (Å²) in [6.45, 7) is 4.55. The molecule has 12 aromatic rings. The Morgan fingerprint density at radius 2 is 0.877 bits per heavy atom. The van der Waals surface area contributed by atoms with E-state index in [2.05, 4.69) is 234 Å². The van der Waals surface area contributed by atoms with E-state index in [1.54, 1.807) is 0 Å². The zero-order valence-corrected chi connectivity index (χ0v) is 35.6. The quantitative estimate of drug-likeness (QED) is 0.120. The lowest BCUT2D eigenvalue weighted by molar-refractivity contribution is 1.18. The van der Waals surface area contributed by atoms with Crippen LogP contribution in [0.3, 0.4) is 0 Å². The fourth-order valence-electron chi connectivity index (χ4n) is 9.71. The number of para-hydroxylation sites is 3. The lowest BCUT2D eigenvalue weighted by Crippen LogP contribution is -2.08. The monoisotopic (exact) mass is 830 g/mol. The maximum absolute atomic E-state index is 6.83. The highest BCUT2D eigenvalue weighted by atomic mass is 15.0. The maximum Gasteiger partial charge on any atom is 0.0808 e. The molecule has 0 amide bonds. The molecule has 4 heteroatoms. The van der Waals surface area contributed by atoms with Gasteiger partial charge in [-0.25, -0.2) is 4.99 Å². The van der Waals surface area contributed by atoms with Gasteiger partial charge in [-0.3, -0.25) is 0 Å². The van der Waals surface area contributed by atoms with Gasteiger partial charge in [-0.2, -0.15) is 0 Å². The molecule has 10 aromatic carbocycles. The van der Waals surface area contributed by atoms with E-state index in [0.717, 1.165) is 72.3 Å². The van der Waals surface area contributed by atoms with Crippen molar-refractivity contribution in [2.24, 2.45) is 4.99 Å². The first kappa shape index (κ1) is 38.0. The van der Waals surface area contributed by atoms with Crippen molar-refractivity contribution < 1.29 is 0 Å². The highest BCUT2D eigenvalue weighted by molar-refractivity contribution is 6.24. The SMILES string of the molecule is C=C(N=C(c1ccc(-c2ccccc2)cc1)c1c(N)ccc2ccccc12)c1ccc(-n2c3ccccc3c3ccc(-c4ccc5c(c4)c4ccccc4n5-c4ccccc4)cc32)cc1. The predicted molar refractivity (Wildman–Crippen MR) is 275 cm³/mol. The van der Waals surface area contributed by atoms with Crippen molar-refractivity contribution in [3.05, 3.63) is 254 Å². The van der Waals surface area contributed by atoms with E-state index in [1.807, 2.05) is 12.1 Å². The number of hydrogen-bond acceptors (Lipinski definition) is 2. The molecule has 0 saturated heterocycles. The zero-order chi connectivity index (χ0) is 43.4. The van der Waals surface area contributed by atoms with Gasteiger partial charge in [-0.05, 0) is 99.3 Å². The van der Waals surface area contributed by atoms with Gasteiger partial charge in [0.15, 0.2) is 0 Å². The molecule has 12 rings (SSSR count). The van der Waals surface area contributed by atoms with Crippen LogP contribution in [0.2, 0.25) is 0 Å². The molecule has 4 nitrogen and oxygen atoms in total. The summed E-state index contributed by atoms with van der Waals surface area (Å²) in [5.74, 6) is 0. The van der Waals surface area contributed by atoms with Gasteiger partial charge in [-0.1, -0.05) is 176 Å². The Kier molecular flexibility index (Phi) is 9.10. The van der Waals surface area contributed by atoms with Crippen molar-refractivity contribution >= 4 is 71.5 Å². The molecule has 0 atom stereocenters. The molecule has 0 radical (unpaired) electrons. The van der Waals surface area contributed by atoms with Crippen molar-refractivity contribution in [3.63, 3.8) is 0 Å². The van der Waals surface area contributed by atoms with Crippen LogP contribution in [0.1, 0.15) is 16.7 Å². The van der Waals surface area contributed by atoms with Gasteiger partial charge in [0.1, 0.15) is 0 Å². The van der Waals surface area contributed by atoms with E-state index in [4.69, 9.17) is 10.7 Å². The van der Waals surface area contributed by atoms with Gasteiger partial charge in [0.05, 0.1) is 33.5 Å². The van der Waals surface area contributed by atoms with Crippen LogP contribution in [0.25, 0.3) is 93.7 Å². The van der Waals surface area contributed by atoms with Crippen LogP contribution < -0.4 is 5.73 Å². The third-order valence-electron chi connectivity index (χ3n) is 12.9. The normalized spacial score (nSPS) is 11.9. The predicted octanol–water partition coefficient (Wildman–Crippen LogP) is 15.5. The lowest BCUT2D eigenvalue weighted by Gasteiger charge is -2.15. The number of nitrogens with zero attached hydrogens (tertiary/aromatic N) is 3. The summed E-state index contributed by atoms with van der Waals surface area (Å²) < 4.78 is 4.74. The van der Waals surface area contributed by atoms with E-state index in [1.165, 1.54) is 38.1 Å². The van der Waals surface area contributed by atoms with Crippen molar-refractivity contribution in [2.75, 3.05) is 5.73 Å². The van der Waals surface area contributed by atoms with Crippen LogP contribution in [0.4, 0.5) is 5.69 Å². The van der Waals surface area contributed by atoms with Gasteiger partial charge in [0.2, 0.25) is 0 Å². The molecule has 0 spiro atoms. The topological polar surface area (TPSA) is 48.2 Å². The Labute approximate surface area is 377 Å². The van der Waals surface area contributed by atoms with Crippen LogP contribution in [0.5, 0.6) is 0 Å². The van der Waals surface area contributed by atoms with Crippen molar-refractivity contribution in [1.29, 1.82) is 0 Å². The summed E-state index contributed by atoms with van der Waals surface area (Å²) in [5.41, 5.74) is 23.3. The Hall–Kier alpha value is -8.73. The number of nitrogen functional groups attached to an aromatic ring is 1. The molecule has 2 aromatic heterocycles. The largest absolute Gasteiger partial charge is 0.398 e. The van der Waals surface area contributed by atoms with Gasteiger partial charge >= 0.3 is 0 Å². The minimum Gasteiger partial charge on any atom is -0.398 e. The first-order chi connectivity index (χ1) is 32.1. The zero-order valence-electron chi connectivity index (χ0n) is 35.6. The molecule has 0 aliphatic heterocycles. The Morgan fingerprint density at radius 1 is 0.369 bits per heavy atom. The molecule has 65 heavy (non-hydrogen) atoms. The molecule has 0 saturated carbocycles. The molecule has 0 aliphatic rings. The third kappa shape index (κ3) is 6.51. The van der Waals surface area contributed by atoms with Gasteiger partial charge in [0, 0.05) is 49.7 Å². The molecule has 0 fully saturated rings. The standard InChI is InChI=1S/C61H42N4/c1-40(63-61(60-50-19-9-8-16-44(50)31-36-55(60)62)45-26-24-43(25-27-45)42-14-4-2-5-15-42)41-28-33-49(34-29-41)65-56-22-12-10-20-51(56)53-35-30-47(39-59(53)65)46-32-37-58-54(38-46)52-21-11-13-23-57(52)64(58)48-17-6-3-7-18-48/h2-39H,1,62H2. The first-order valence-electron chi connectivity index (χ1n) is 22.0. The summed E-state index contributed by atoms with van der Waals surface area (Å²) in [5, 5.41) is 7.04. The second-order valence-electron chi connectivity index (χ2n) is 16.7. The van der Waals surface area contributed by atoms with E-state index in [0.29, 0.717) is 11.4 Å². The van der Waals surface area contributed by atoms with Crippen LogP contribution in [0, 0.1) is 0 Å². The highest BCUT2D eigenvalue weighted by Gasteiger charge is 2.19. The number of rotatable bonds is 8. The average molecular weight is 831 g/mol. The summed E-state index contributed by atoms with van der Waals surface area (Å²) in [6.07, 6.45) is 0. The Morgan fingerprint density at radius 3 is 1.62 bits per heavy atom. The van der Waals surface area contributed by atoms with E-state index >= 15 is 0 Å². The number of benzene rings is 10. The minimum atomic E-state index is 0.652. The van der Waals surface area contributed by atoms with E-state index in [-0.39, 0.29) is 0 Å². The average Bonchev–Trinajstić information content (AvgIpc) is 3.88. The molecular formula is C61H42N4. The maximum atomic E-state index is 6.83. The number of aliphatic imine (C=N–C) groups is 1. The molecule has 0 unspecified atom stereocenters. The molecule has 2 heterocycles. The smallest absolute Gasteiger partial charge is 0.0808 e. The van der Waals surface area contributed by atoms with Crippen molar-refractivity contribution in [1.82, 2.24) is 9.13 Å². The molecular weight excluding hydrogens is 789 g/mol. The van der Waals surface area contributed by atoms with Gasteiger partial charge in [0.25, 0.3) is 0 Å². The van der Waals surface area contributed by atoms with E-state index < -0.39 is 0 Å². The number of anilines is 1. The third-order valence-corrected chi connectivity index (χ3v) is 12.9. The summed E-state index contributed by atoms with van der Waals surface area (Å²) in [4.78, 5) is 5.33. The van der Waals surface area contributed by atoms with Gasteiger partial charge < -0.3 is 14.9 Å². The van der Waals surface area contributed by atoms with Crippen LogP contribution in [0.15, 0.2) is 242 Å². The second kappa shape index (κ2) is 15.6. The fourth-order valence-corrected chi connectivity index (χ4v) is 9.71. The summed E-state index contributed by atoms with van der Waals surface area (Å²) in [6, 6.07) is 81.7. The van der Waals surface area contributed by atoms with Gasteiger partial charge in [-0.15, -0.1) is 0 Å².